The molecule has 0 aromatic carbocycles. The number of H-pyrrole nitrogens is 1. The first-order valence-electron chi connectivity index (χ1n) is 6.44. The molecule has 0 unspecified atom stereocenters. The van der Waals surface area contributed by atoms with E-state index in [0.717, 1.165) is 18.7 Å². The fraction of sp³-hybridized carbons (Fsp3) is 0.583. The van der Waals surface area contributed by atoms with Gasteiger partial charge in [0.25, 0.3) is 0 Å². The number of nitrogens with one attached hydrogen (secondary N) is 1. The van der Waals surface area contributed by atoms with Crippen LogP contribution in [0.4, 0.5) is 5.82 Å². The minimum atomic E-state index is -0.596. The van der Waals surface area contributed by atoms with Gasteiger partial charge in [-0.05, 0) is 13.3 Å². The molecular formula is C12H17N5O2. The van der Waals surface area contributed by atoms with Gasteiger partial charge in [-0.1, -0.05) is 13.3 Å². The number of hydrogen-bond donors (Lipinski definition) is 2. The summed E-state index contributed by atoms with van der Waals surface area (Å²) in [5.41, 5.74) is -0.321. The van der Waals surface area contributed by atoms with Crippen LogP contribution < -0.4 is 10.6 Å². The van der Waals surface area contributed by atoms with Crippen molar-refractivity contribution < 1.29 is 5.11 Å². The van der Waals surface area contributed by atoms with E-state index in [9.17, 15) is 9.90 Å². The van der Waals surface area contributed by atoms with E-state index in [1.165, 1.54) is 4.40 Å². The fourth-order valence-electron chi connectivity index (χ4n) is 2.69. The molecule has 0 bridgehead atoms. The molecule has 0 spiro atoms. The lowest BCUT2D eigenvalue weighted by Crippen LogP contribution is -2.62. The summed E-state index contributed by atoms with van der Waals surface area (Å²) in [6.45, 7) is 4.99. The van der Waals surface area contributed by atoms with Gasteiger partial charge in [0, 0.05) is 19.2 Å². The normalized spacial score (nSPS) is 17.7. The molecule has 2 aromatic heterocycles. The maximum absolute atomic E-state index is 11.5. The lowest BCUT2D eigenvalue weighted by atomic mass is 9.89. The number of anilines is 1. The first-order chi connectivity index (χ1) is 9.02. The molecule has 0 atom stereocenters. The van der Waals surface area contributed by atoms with E-state index in [0.29, 0.717) is 24.6 Å². The zero-order chi connectivity index (χ0) is 13.6. The molecule has 0 radical (unpaired) electrons. The summed E-state index contributed by atoms with van der Waals surface area (Å²) in [7, 11) is 0. The van der Waals surface area contributed by atoms with Crippen LogP contribution in [0.2, 0.25) is 0 Å². The topological polar surface area (TPSA) is 86.5 Å². The van der Waals surface area contributed by atoms with Crippen LogP contribution >= 0.6 is 0 Å². The molecule has 1 fully saturated rings. The predicted octanol–water partition coefficient (Wildman–Crippen LogP) is 0.0772. The van der Waals surface area contributed by atoms with Crippen molar-refractivity contribution in [3.05, 3.63) is 22.4 Å². The van der Waals surface area contributed by atoms with Crippen LogP contribution in [-0.2, 0) is 0 Å². The fourth-order valence-corrected chi connectivity index (χ4v) is 2.69. The SMILES string of the molecule is CCCC1(O)CN(c2cc3n[nH]c(=O)n3c(C)n2)C1. The van der Waals surface area contributed by atoms with Crippen molar-refractivity contribution in [1.29, 1.82) is 0 Å². The molecule has 2 aromatic rings. The van der Waals surface area contributed by atoms with Gasteiger partial charge in [0.2, 0.25) is 0 Å². The van der Waals surface area contributed by atoms with Gasteiger partial charge in [0.15, 0.2) is 5.65 Å². The van der Waals surface area contributed by atoms with Gasteiger partial charge < -0.3 is 10.0 Å². The lowest BCUT2D eigenvalue weighted by molar-refractivity contribution is 0.00292. The van der Waals surface area contributed by atoms with Crippen LogP contribution in [-0.4, -0.2) is 43.4 Å². The highest BCUT2D eigenvalue weighted by molar-refractivity contribution is 5.53. The van der Waals surface area contributed by atoms with Gasteiger partial charge >= 0.3 is 5.69 Å². The molecule has 1 aliphatic heterocycles. The Balaban J connectivity index is 1.90. The van der Waals surface area contributed by atoms with Crippen LogP contribution in [0.15, 0.2) is 10.9 Å². The van der Waals surface area contributed by atoms with E-state index in [4.69, 9.17) is 0 Å². The van der Waals surface area contributed by atoms with Crippen molar-refractivity contribution in [3.63, 3.8) is 0 Å². The molecular weight excluding hydrogens is 246 g/mol. The largest absolute Gasteiger partial charge is 0.386 e. The molecule has 1 aliphatic rings. The Morgan fingerprint density at radius 1 is 1.53 bits per heavy atom. The summed E-state index contributed by atoms with van der Waals surface area (Å²) in [6.07, 6.45) is 1.76. The summed E-state index contributed by atoms with van der Waals surface area (Å²) >= 11 is 0. The molecule has 3 rings (SSSR count). The Morgan fingerprint density at radius 2 is 2.26 bits per heavy atom. The molecule has 102 valence electrons. The lowest BCUT2D eigenvalue weighted by Gasteiger charge is -2.47. The Morgan fingerprint density at radius 3 is 2.95 bits per heavy atom. The van der Waals surface area contributed by atoms with Crippen LogP contribution in [0, 0.1) is 6.92 Å². The summed E-state index contributed by atoms with van der Waals surface area (Å²) in [4.78, 5) is 17.9. The van der Waals surface area contributed by atoms with Gasteiger partial charge in [-0.15, -0.1) is 0 Å². The molecule has 0 amide bonds. The molecule has 1 saturated heterocycles. The van der Waals surface area contributed by atoms with Crippen molar-refractivity contribution >= 4 is 11.5 Å². The van der Waals surface area contributed by atoms with E-state index in [1.807, 2.05) is 4.90 Å². The van der Waals surface area contributed by atoms with Gasteiger partial charge in [0.1, 0.15) is 11.6 Å². The van der Waals surface area contributed by atoms with E-state index >= 15 is 0 Å². The standard InChI is InChI=1S/C12H17N5O2/c1-3-4-12(19)6-16(7-12)9-5-10-14-15-11(18)17(10)8(2)13-9/h5,19H,3-4,6-7H2,1-2H3,(H,15,18). The third-order valence-electron chi connectivity index (χ3n) is 3.57. The minimum absolute atomic E-state index is 0.280. The van der Waals surface area contributed by atoms with Crippen LogP contribution in [0.1, 0.15) is 25.6 Å². The second-order valence-corrected chi connectivity index (χ2v) is 5.21. The van der Waals surface area contributed by atoms with Crippen molar-refractivity contribution in [2.75, 3.05) is 18.0 Å². The Hall–Kier alpha value is -1.89. The van der Waals surface area contributed by atoms with Crippen molar-refractivity contribution in [2.24, 2.45) is 0 Å². The highest BCUT2D eigenvalue weighted by atomic mass is 16.3. The number of fused-ring (bicyclic) bond motifs is 1. The maximum atomic E-state index is 11.5. The van der Waals surface area contributed by atoms with E-state index in [1.54, 1.807) is 13.0 Å². The average Bonchev–Trinajstić information content (AvgIpc) is 2.68. The number of hydrogen-bond acceptors (Lipinski definition) is 5. The number of aromatic nitrogens is 4. The van der Waals surface area contributed by atoms with Crippen molar-refractivity contribution in [1.82, 2.24) is 19.6 Å². The predicted molar refractivity (Wildman–Crippen MR) is 70.4 cm³/mol. The van der Waals surface area contributed by atoms with Gasteiger partial charge in [-0.3, -0.25) is 0 Å². The number of β-amino-alcohol motifs (C(OH)–C–C–N with tert-alkyl or cyclic N) is 1. The summed E-state index contributed by atoms with van der Waals surface area (Å²) in [5.74, 6) is 1.35. The summed E-state index contributed by atoms with van der Waals surface area (Å²) in [5, 5.41) is 16.5. The van der Waals surface area contributed by atoms with Crippen LogP contribution in [0.3, 0.4) is 0 Å². The van der Waals surface area contributed by atoms with Crippen LogP contribution in [0.5, 0.6) is 0 Å². The third-order valence-corrected chi connectivity index (χ3v) is 3.57. The van der Waals surface area contributed by atoms with Crippen molar-refractivity contribution in [3.8, 4) is 0 Å². The number of nitrogens with zero attached hydrogens (tertiary/aromatic N) is 4. The molecule has 19 heavy (non-hydrogen) atoms. The molecule has 0 aliphatic carbocycles. The average molecular weight is 263 g/mol. The Kier molecular flexibility index (Phi) is 2.60. The van der Waals surface area contributed by atoms with E-state index < -0.39 is 5.60 Å². The summed E-state index contributed by atoms with van der Waals surface area (Å²) < 4.78 is 1.43. The highest BCUT2D eigenvalue weighted by Crippen LogP contribution is 2.30. The number of aliphatic hydroxyl groups is 1. The molecule has 7 nitrogen and oxygen atoms in total. The van der Waals surface area contributed by atoms with E-state index in [-0.39, 0.29) is 5.69 Å². The molecule has 7 heteroatoms. The molecule has 2 N–H and O–H groups in total. The summed E-state index contributed by atoms with van der Waals surface area (Å²) in [6, 6.07) is 1.76. The second-order valence-electron chi connectivity index (χ2n) is 5.21. The Labute approximate surface area is 109 Å². The van der Waals surface area contributed by atoms with Gasteiger partial charge in [0.05, 0.1) is 5.60 Å². The zero-order valence-corrected chi connectivity index (χ0v) is 11.1. The van der Waals surface area contributed by atoms with Crippen molar-refractivity contribution in [2.45, 2.75) is 32.3 Å². The quantitative estimate of drug-likeness (QED) is 0.819. The monoisotopic (exact) mass is 263 g/mol. The smallest absolute Gasteiger partial charge is 0.349 e. The molecule has 0 saturated carbocycles. The number of aromatic amines is 1. The number of rotatable bonds is 3. The van der Waals surface area contributed by atoms with Gasteiger partial charge in [-0.2, -0.15) is 5.10 Å². The maximum Gasteiger partial charge on any atom is 0.349 e. The molecule has 3 heterocycles. The van der Waals surface area contributed by atoms with Crippen LogP contribution in [0.25, 0.3) is 5.65 Å². The first-order valence-corrected chi connectivity index (χ1v) is 6.44. The number of aryl methyl sites for hydroxylation is 1. The Bertz CT molecular complexity index is 668. The third kappa shape index (κ3) is 1.90. The second kappa shape index (κ2) is 4.06. The zero-order valence-electron chi connectivity index (χ0n) is 11.1. The van der Waals surface area contributed by atoms with Gasteiger partial charge in [-0.25, -0.2) is 19.3 Å². The minimum Gasteiger partial charge on any atom is -0.386 e. The first kappa shape index (κ1) is 12.2. The van der Waals surface area contributed by atoms with E-state index in [2.05, 4.69) is 22.1 Å². The highest BCUT2D eigenvalue weighted by Gasteiger charge is 2.41.